The van der Waals surface area contributed by atoms with E-state index < -0.39 is 0 Å². The first-order valence-corrected chi connectivity index (χ1v) is 8.06. The Balaban J connectivity index is 1.50. The van der Waals surface area contributed by atoms with Gasteiger partial charge in [0.05, 0.1) is 0 Å². The third-order valence-electron chi connectivity index (χ3n) is 4.08. The molecule has 0 amide bonds. The van der Waals surface area contributed by atoms with Gasteiger partial charge in [-0.15, -0.1) is 0 Å². The number of rotatable bonds is 4. The van der Waals surface area contributed by atoms with Gasteiger partial charge in [0.1, 0.15) is 5.82 Å². The number of nitrogens with one attached hydrogen (secondary N) is 1. The number of nitrogens with zero attached hydrogens (tertiary/aromatic N) is 1. The fourth-order valence-electron chi connectivity index (χ4n) is 2.94. The van der Waals surface area contributed by atoms with Crippen LogP contribution in [-0.4, -0.2) is 24.0 Å². The van der Waals surface area contributed by atoms with Gasteiger partial charge in [-0.3, -0.25) is 4.90 Å². The third-order valence-corrected chi connectivity index (χ3v) is 4.31. The van der Waals surface area contributed by atoms with E-state index in [1.165, 1.54) is 11.6 Å². The molecule has 0 unspecified atom stereocenters. The Bertz CT molecular complexity index is 568. The van der Waals surface area contributed by atoms with Crippen LogP contribution in [0.4, 0.5) is 10.1 Å². The Morgan fingerprint density at radius 2 is 1.86 bits per heavy atom. The summed E-state index contributed by atoms with van der Waals surface area (Å²) in [5.41, 5.74) is 2.12. The highest BCUT2D eigenvalue weighted by Gasteiger charge is 2.19. The average molecular weight is 319 g/mol. The van der Waals surface area contributed by atoms with Crippen molar-refractivity contribution < 1.29 is 4.39 Å². The van der Waals surface area contributed by atoms with Crippen LogP contribution in [0.1, 0.15) is 18.4 Å². The van der Waals surface area contributed by atoms with Crippen LogP contribution in [0.15, 0.2) is 48.5 Å². The summed E-state index contributed by atoms with van der Waals surface area (Å²) in [5, 5.41) is 4.22. The van der Waals surface area contributed by atoms with Gasteiger partial charge in [-0.05, 0) is 48.7 Å². The number of benzene rings is 2. The molecule has 0 spiro atoms. The molecule has 1 heterocycles. The summed E-state index contributed by atoms with van der Waals surface area (Å²) < 4.78 is 13.2. The highest BCUT2D eigenvalue weighted by molar-refractivity contribution is 6.30. The summed E-state index contributed by atoms with van der Waals surface area (Å²) in [6, 6.07) is 15.1. The monoisotopic (exact) mass is 318 g/mol. The Hall–Kier alpha value is -1.58. The van der Waals surface area contributed by atoms with Crippen LogP contribution in [0.2, 0.25) is 5.02 Å². The average Bonchev–Trinajstić information content (AvgIpc) is 2.49. The van der Waals surface area contributed by atoms with E-state index in [1.807, 2.05) is 24.3 Å². The molecule has 1 fully saturated rings. The minimum absolute atomic E-state index is 0.191. The van der Waals surface area contributed by atoms with E-state index >= 15 is 0 Å². The maximum absolute atomic E-state index is 13.2. The van der Waals surface area contributed by atoms with Crippen molar-refractivity contribution in [1.82, 2.24) is 4.90 Å². The highest BCUT2D eigenvalue weighted by atomic mass is 35.5. The van der Waals surface area contributed by atoms with Crippen molar-refractivity contribution in [1.29, 1.82) is 0 Å². The lowest BCUT2D eigenvalue weighted by Gasteiger charge is -2.33. The molecule has 0 atom stereocenters. The number of anilines is 1. The first kappa shape index (κ1) is 15.3. The molecule has 1 aliphatic heterocycles. The van der Waals surface area contributed by atoms with Gasteiger partial charge in [0, 0.05) is 36.4 Å². The molecule has 4 heteroatoms. The summed E-state index contributed by atoms with van der Waals surface area (Å²) in [4.78, 5) is 2.44. The zero-order chi connectivity index (χ0) is 15.4. The summed E-state index contributed by atoms with van der Waals surface area (Å²) in [7, 11) is 0. The van der Waals surface area contributed by atoms with Gasteiger partial charge in [0.25, 0.3) is 0 Å². The Morgan fingerprint density at radius 3 is 2.59 bits per heavy atom. The molecule has 0 aromatic heterocycles. The number of likely N-dealkylation sites (tertiary alicyclic amines) is 1. The smallest absolute Gasteiger partial charge is 0.125 e. The second-order valence-corrected chi connectivity index (χ2v) is 6.27. The Morgan fingerprint density at radius 1 is 1.09 bits per heavy atom. The fraction of sp³-hybridized carbons (Fsp3) is 0.333. The van der Waals surface area contributed by atoms with Crippen molar-refractivity contribution in [3.05, 3.63) is 64.9 Å². The molecule has 1 aliphatic rings. The molecule has 2 aromatic rings. The summed E-state index contributed by atoms with van der Waals surface area (Å²) >= 11 is 6.03. The quantitative estimate of drug-likeness (QED) is 0.889. The summed E-state index contributed by atoms with van der Waals surface area (Å²) in [6.07, 6.45) is 2.13. The number of hydrogen-bond donors (Lipinski definition) is 1. The van der Waals surface area contributed by atoms with E-state index in [2.05, 4.69) is 16.3 Å². The van der Waals surface area contributed by atoms with Gasteiger partial charge in [0.2, 0.25) is 0 Å². The lowest BCUT2D eigenvalue weighted by molar-refractivity contribution is 0.211. The van der Waals surface area contributed by atoms with Gasteiger partial charge >= 0.3 is 0 Å². The predicted molar refractivity (Wildman–Crippen MR) is 89.8 cm³/mol. The molecule has 116 valence electrons. The first-order chi connectivity index (χ1) is 10.7. The van der Waals surface area contributed by atoms with Gasteiger partial charge in [-0.25, -0.2) is 4.39 Å². The van der Waals surface area contributed by atoms with E-state index in [0.29, 0.717) is 6.04 Å². The van der Waals surface area contributed by atoms with Crippen molar-refractivity contribution >= 4 is 17.3 Å². The summed E-state index contributed by atoms with van der Waals surface area (Å²) in [6.45, 7) is 3.02. The second kappa shape index (κ2) is 7.12. The van der Waals surface area contributed by atoms with Gasteiger partial charge in [-0.2, -0.15) is 0 Å². The lowest BCUT2D eigenvalue weighted by Crippen LogP contribution is -2.38. The van der Waals surface area contributed by atoms with Crippen LogP contribution < -0.4 is 5.32 Å². The van der Waals surface area contributed by atoms with Gasteiger partial charge < -0.3 is 5.32 Å². The van der Waals surface area contributed by atoms with Crippen LogP contribution in [0.5, 0.6) is 0 Å². The second-order valence-electron chi connectivity index (χ2n) is 5.84. The number of halogens is 2. The van der Waals surface area contributed by atoms with Crippen LogP contribution in [0.3, 0.4) is 0 Å². The molecule has 0 bridgehead atoms. The molecule has 1 N–H and O–H groups in total. The van der Waals surface area contributed by atoms with Crippen molar-refractivity contribution in [3.8, 4) is 0 Å². The lowest BCUT2D eigenvalue weighted by atomic mass is 10.0. The highest BCUT2D eigenvalue weighted by Crippen LogP contribution is 2.19. The molecule has 0 radical (unpaired) electrons. The van der Waals surface area contributed by atoms with Crippen LogP contribution in [0, 0.1) is 5.82 Å². The minimum Gasteiger partial charge on any atom is -0.382 e. The zero-order valence-electron chi connectivity index (χ0n) is 12.4. The normalized spacial score (nSPS) is 16.6. The molecular formula is C18H20ClFN2. The van der Waals surface area contributed by atoms with Crippen LogP contribution in [0.25, 0.3) is 0 Å². The maximum Gasteiger partial charge on any atom is 0.125 e. The minimum atomic E-state index is -0.191. The molecule has 0 aliphatic carbocycles. The van der Waals surface area contributed by atoms with E-state index in [0.717, 1.165) is 43.2 Å². The Labute approximate surface area is 135 Å². The van der Waals surface area contributed by atoms with Crippen LogP contribution >= 0.6 is 11.6 Å². The number of hydrogen-bond acceptors (Lipinski definition) is 2. The van der Waals surface area contributed by atoms with Gasteiger partial charge in [0.15, 0.2) is 0 Å². The van der Waals surface area contributed by atoms with E-state index in [-0.39, 0.29) is 5.82 Å². The predicted octanol–water partition coefficient (Wildman–Crippen LogP) is 4.56. The van der Waals surface area contributed by atoms with E-state index in [9.17, 15) is 4.39 Å². The van der Waals surface area contributed by atoms with E-state index in [4.69, 9.17) is 11.6 Å². The van der Waals surface area contributed by atoms with Crippen LogP contribution in [-0.2, 0) is 6.54 Å². The molecule has 2 aromatic carbocycles. The van der Waals surface area contributed by atoms with Crippen molar-refractivity contribution in [2.45, 2.75) is 25.4 Å². The zero-order valence-corrected chi connectivity index (χ0v) is 13.2. The largest absolute Gasteiger partial charge is 0.382 e. The summed E-state index contributed by atoms with van der Waals surface area (Å²) in [5.74, 6) is -0.191. The topological polar surface area (TPSA) is 15.3 Å². The maximum atomic E-state index is 13.2. The molecule has 22 heavy (non-hydrogen) atoms. The van der Waals surface area contributed by atoms with Crippen molar-refractivity contribution in [2.75, 3.05) is 18.4 Å². The third kappa shape index (κ3) is 4.21. The molecule has 2 nitrogen and oxygen atoms in total. The van der Waals surface area contributed by atoms with Gasteiger partial charge in [-0.1, -0.05) is 29.8 Å². The van der Waals surface area contributed by atoms with Crippen molar-refractivity contribution in [2.24, 2.45) is 0 Å². The fourth-order valence-corrected chi connectivity index (χ4v) is 3.16. The number of piperidine rings is 1. The molecular weight excluding hydrogens is 299 g/mol. The van der Waals surface area contributed by atoms with E-state index in [1.54, 1.807) is 12.1 Å². The molecule has 0 saturated carbocycles. The molecule has 3 rings (SSSR count). The van der Waals surface area contributed by atoms with Crippen molar-refractivity contribution in [3.63, 3.8) is 0 Å². The molecule has 1 saturated heterocycles. The Kier molecular flexibility index (Phi) is 4.96. The standard InChI is InChI=1S/C18H20ClFN2/c19-15-4-1-3-14(11-15)13-22-9-7-17(8-10-22)21-18-6-2-5-16(20)12-18/h1-6,11-12,17,21H,7-10,13H2. The SMILES string of the molecule is Fc1cccc(NC2CCN(Cc3cccc(Cl)c3)CC2)c1. The first-order valence-electron chi connectivity index (χ1n) is 7.68.